The van der Waals surface area contributed by atoms with Crippen LogP contribution in [0.5, 0.6) is 0 Å². The summed E-state index contributed by atoms with van der Waals surface area (Å²) < 4.78 is 0. The highest BCUT2D eigenvalue weighted by molar-refractivity contribution is 5.93. The lowest BCUT2D eigenvalue weighted by molar-refractivity contribution is -0.154. The van der Waals surface area contributed by atoms with Crippen LogP contribution in [0.1, 0.15) is 55.3 Å². The van der Waals surface area contributed by atoms with Crippen molar-refractivity contribution in [2.24, 2.45) is 5.73 Å². The second-order valence-corrected chi connectivity index (χ2v) is 11.0. The van der Waals surface area contributed by atoms with Gasteiger partial charge >= 0.3 is 0 Å². The molecule has 202 valence electrons. The topological polar surface area (TPSA) is 108 Å². The minimum absolute atomic E-state index is 0.000733. The van der Waals surface area contributed by atoms with Crippen LogP contribution in [-0.2, 0) is 27.2 Å². The molecule has 2 aromatic carbocycles. The quantitative estimate of drug-likeness (QED) is 0.520. The van der Waals surface area contributed by atoms with Crippen molar-refractivity contribution >= 4 is 17.7 Å². The molecule has 2 heterocycles. The molecule has 2 saturated heterocycles. The van der Waals surface area contributed by atoms with E-state index in [9.17, 15) is 14.4 Å². The summed E-state index contributed by atoms with van der Waals surface area (Å²) in [4.78, 5) is 43.9. The van der Waals surface area contributed by atoms with E-state index < -0.39 is 6.04 Å². The number of nitrogens with zero attached hydrogens (tertiary/aromatic N) is 2. The minimum atomic E-state index is -0.642. The maximum Gasteiger partial charge on any atom is 0.246 e. The van der Waals surface area contributed by atoms with Crippen LogP contribution in [-0.4, -0.2) is 71.3 Å². The van der Waals surface area contributed by atoms with Crippen LogP contribution in [0.15, 0.2) is 54.6 Å². The zero-order valence-corrected chi connectivity index (χ0v) is 22.1. The molecule has 8 heteroatoms. The molecule has 0 bridgehead atoms. The molecule has 2 aliphatic heterocycles. The predicted octanol–water partition coefficient (Wildman–Crippen LogP) is 1.93. The fourth-order valence-electron chi connectivity index (χ4n) is 6.19. The van der Waals surface area contributed by atoms with Crippen LogP contribution >= 0.6 is 0 Å². The molecule has 2 fully saturated rings. The molecule has 0 spiro atoms. The molecule has 4 N–H and O–H groups in total. The summed E-state index contributed by atoms with van der Waals surface area (Å²) in [5.74, 6) is -0.377. The van der Waals surface area contributed by atoms with Gasteiger partial charge in [0.15, 0.2) is 0 Å². The third-order valence-corrected chi connectivity index (χ3v) is 8.30. The van der Waals surface area contributed by atoms with Crippen LogP contribution in [0, 0.1) is 0 Å². The maximum absolute atomic E-state index is 13.8. The lowest BCUT2D eigenvalue weighted by Gasteiger charge is -2.43. The molecule has 5 rings (SSSR count). The van der Waals surface area contributed by atoms with Crippen molar-refractivity contribution in [3.8, 4) is 0 Å². The van der Waals surface area contributed by atoms with Gasteiger partial charge in [-0.05, 0) is 55.7 Å². The largest absolute Gasteiger partial charge is 0.348 e. The van der Waals surface area contributed by atoms with E-state index in [1.54, 1.807) is 9.80 Å². The maximum atomic E-state index is 13.8. The molecule has 5 unspecified atom stereocenters. The number of fused-ring (bicyclic) bond motifs is 1. The number of amides is 3. The van der Waals surface area contributed by atoms with Gasteiger partial charge in [-0.2, -0.15) is 0 Å². The Balaban J connectivity index is 1.28. The zero-order valence-electron chi connectivity index (χ0n) is 22.1. The van der Waals surface area contributed by atoms with Gasteiger partial charge in [0.25, 0.3) is 0 Å². The van der Waals surface area contributed by atoms with Crippen molar-refractivity contribution in [1.82, 2.24) is 20.4 Å². The lowest BCUT2D eigenvalue weighted by Crippen LogP contribution is -2.65. The molecule has 3 amide bonds. The Kier molecular flexibility index (Phi) is 8.09. The van der Waals surface area contributed by atoms with E-state index >= 15 is 0 Å². The normalized spacial score (nSPS) is 26.1. The summed E-state index contributed by atoms with van der Waals surface area (Å²) >= 11 is 0. The van der Waals surface area contributed by atoms with Crippen molar-refractivity contribution in [2.45, 2.75) is 75.7 Å². The molecule has 0 saturated carbocycles. The Morgan fingerprint density at radius 1 is 1.05 bits per heavy atom. The first-order chi connectivity index (χ1) is 18.4. The van der Waals surface area contributed by atoms with Crippen LogP contribution in [0.3, 0.4) is 0 Å². The number of rotatable bonds is 7. The molecular weight excluding hydrogens is 478 g/mol. The number of nitrogens with one attached hydrogen (secondary N) is 2. The standard InChI is InChI=1S/C30H39N5O3/c1-20(31)24-12-7-13-26(32-24)29(37)35-17-16-34(30(38)27(35)18-21-8-3-2-4-9-21)19-28(36)33-25-15-14-22-10-5-6-11-23(22)25/h2-6,8-11,20,24-27,32H,7,12-19,31H2,1H3,(H,33,36). The molecule has 8 nitrogen and oxygen atoms in total. The summed E-state index contributed by atoms with van der Waals surface area (Å²) in [5.41, 5.74) is 9.54. The van der Waals surface area contributed by atoms with Crippen LogP contribution in [0.25, 0.3) is 0 Å². The van der Waals surface area contributed by atoms with E-state index in [0.29, 0.717) is 19.5 Å². The van der Waals surface area contributed by atoms with Gasteiger partial charge in [0, 0.05) is 31.6 Å². The summed E-state index contributed by atoms with van der Waals surface area (Å²) in [6, 6.07) is 17.0. The first-order valence-electron chi connectivity index (χ1n) is 13.9. The van der Waals surface area contributed by atoms with Crippen LogP contribution < -0.4 is 16.4 Å². The van der Waals surface area contributed by atoms with Gasteiger partial charge in [-0.3, -0.25) is 14.4 Å². The molecule has 3 aliphatic rings. The number of piperazine rings is 1. The van der Waals surface area contributed by atoms with E-state index in [0.717, 1.165) is 43.2 Å². The lowest BCUT2D eigenvalue weighted by atomic mass is 9.93. The summed E-state index contributed by atoms with van der Waals surface area (Å²) in [5, 5.41) is 6.57. The van der Waals surface area contributed by atoms with E-state index in [1.807, 2.05) is 49.4 Å². The van der Waals surface area contributed by atoms with E-state index in [-0.39, 0.29) is 48.4 Å². The SMILES string of the molecule is CC(N)C1CCCC(C(=O)N2CCN(CC(=O)NC3CCc4ccccc43)C(=O)C2Cc2ccccc2)N1. The van der Waals surface area contributed by atoms with Gasteiger partial charge in [-0.15, -0.1) is 0 Å². The molecule has 38 heavy (non-hydrogen) atoms. The van der Waals surface area contributed by atoms with Crippen molar-refractivity contribution < 1.29 is 14.4 Å². The monoisotopic (exact) mass is 517 g/mol. The van der Waals surface area contributed by atoms with Gasteiger partial charge in [-0.25, -0.2) is 0 Å². The van der Waals surface area contributed by atoms with Gasteiger partial charge in [0.05, 0.1) is 18.6 Å². The Labute approximate surface area is 224 Å². The van der Waals surface area contributed by atoms with Gasteiger partial charge in [0.1, 0.15) is 6.04 Å². The molecule has 0 aromatic heterocycles. The third-order valence-electron chi connectivity index (χ3n) is 8.30. The van der Waals surface area contributed by atoms with E-state index in [1.165, 1.54) is 5.56 Å². The predicted molar refractivity (Wildman–Crippen MR) is 146 cm³/mol. The third kappa shape index (κ3) is 5.76. The highest BCUT2D eigenvalue weighted by Gasteiger charge is 2.41. The number of hydrogen-bond donors (Lipinski definition) is 3. The number of carbonyl (C=O) groups excluding carboxylic acids is 3. The average molecular weight is 518 g/mol. The Morgan fingerprint density at radius 3 is 2.61 bits per heavy atom. The summed E-state index contributed by atoms with van der Waals surface area (Å²) in [6.45, 7) is 2.70. The van der Waals surface area contributed by atoms with Crippen molar-refractivity contribution in [3.63, 3.8) is 0 Å². The molecule has 2 aromatic rings. The molecule has 0 radical (unpaired) electrons. The van der Waals surface area contributed by atoms with Gasteiger partial charge in [0.2, 0.25) is 17.7 Å². The number of nitrogens with two attached hydrogens (primary N) is 1. The second-order valence-electron chi connectivity index (χ2n) is 11.0. The van der Waals surface area contributed by atoms with Crippen molar-refractivity contribution in [1.29, 1.82) is 0 Å². The smallest absolute Gasteiger partial charge is 0.246 e. The second kappa shape index (κ2) is 11.7. The molecule has 1 aliphatic carbocycles. The highest BCUT2D eigenvalue weighted by Crippen LogP contribution is 2.30. The first-order valence-corrected chi connectivity index (χ1v) is 13.9. The van der Waals surface area contributed by atoms with Crippen molar-refractivity contribution in [3.05, 3.63) is 71.3 Å². The minimum Gasteiger partial charge on any atom is -0.348 e. The number of hydrogen-bond acceptors (Lipinski definition) is 5. The average Bonchev–Trinajstić information content (AvgIpc) is 3.34. The van der Waals surface area contributed by atoms with Crippen LogP contribution in [0.4, 0.5) is 0 Å². The van der Waals surface area contributed by atoms with E-state index in [4.69, 9.17) is 5.73 Å². The number of piperidine rings is 1. The van der Waals surface area contributed by atoms with Gasteiger partial charge < -0.3 is 26.2 Å². The number of carbonyl (C=O) groups is 3. The molecular formula is C30H39N5O3. The Bertz CT molecular complexity index is 1150. The number of aryl methyl sites for hydroxylation is 1. The fraction of sp³-hybridized carbons (Fsp3) is 0.500. The van der Waals surface area contributed by atoms with E-state index in [2.05, 4.69) is 22.8 Å². The molecule has 5 atom stereocenters. The highest BCUT2D eigenvalue weighted by atomic mass is 16.2. The summed E-state index contributed by atoms with van der Waals surface area (Å²) in [6.07, 6.45) is 4.84. The number of benzene rings is 2. The van der Waals surface area contributed by atoms with Crippen molar-refractivity contribution in [2.75, 3.05) is 19.6 Å². The Morgan fingerprint density at radius 2 is 1.82 bits per heavy atom. The van der Waals surface area contributed by atoms with Crippen LogP contribution in [0.2, 0.25) is 0 Å². The fourth-order valence-corrected chi connectivity index (χ4v) is 6.19. The zero-order chi connectivity index (χ0) is 26.6. The van der Waals surface area contributed by atoms with Gasteiger partial charge in [-0.1, -0.05) is 54.6 Å². The first kappa shape index (κ1) is 26.4. The Hall–Kier alpha value is -3.23. The summed E-state index contributed by atoms with van der Waals surface area (Å²) in [7, 11) is 0.